The summed E-state index contributed by atoms with van der Waals surface area (Å²) < 4.78 is 35.1. The highest BCUT2D eigenvalue weighted by Crippen LogP contribution is 2.27. The van der Waals surface area contributed by atoms with Crippen LogP contribution in [-0.2, 0) is 10.0 Å². The number of benzene rings is 3. The van der Waals surface area contributed by atoms with Gasteiger partial charge in [-0.3, -0.25) is 0 Å². The molecule has 0 atom stereocenters. The average molecular weight is 502 g/mol. The summed E-state index contributed by atoms with van der Waals surface area (Å²) in [6, 6.07) is 20.5. The molecule has 3 heterocycles. The Labute approximate surface area is 207 Å². The van der Waals surface area contributed by atoms with Gasteiger partial charge in [-0.05, 0) is 47.2 Å². The molecule has 0 amide bonds. The lowest BCUT2D eigenvalue weighted by Crippen LogP contribution is -2.49. The van der Waals surface area contributed by atoms with Gasteiger partial charge in [0, 0.05) is 26.2 Å². The quantitative estimate of drug-likeness (QED) is 0.362. The summed E-state index contributed by atoms with van der Waals surface area (Å²) in [5.74, 6) is 1.39. The van der Waals surface area contributed by atoms with Crippen molar-refractivity contribution in [1.29, 1.82) is 0 Å². The smallest absolute Gasteiger partial charge is 0.243 e. The molecule has 10 nitrogen and oxygen atoms in total. The highest BCUT2D eigenvalue weighted by molar-refractivity contribution is 7.89. The third kappa shape index (κ3) is 3.82. The molecule has 6 rings (SSSR count). The Hall–Kier alpha value is -4.09. The number of ether oxygens (including phenoxy) is 1. The van der Waals surface area contributed by atoms with Crippen molar-refractivity contribution in [3.8, 4) is 11.4 Å². The molecule has 0 radical (unpaired) electrons. The second kappa shape index (κ2) is 8.85. The fourth-order valence-corrected chi connectivity index (χ4v) is 5.94. The number of anilines is 1. The van der Waals surface area contributed by atoms with Crippen LogP contribution in [0.1, 0.15) is 0 Å². The van der Waals surface area contributed by atoms with Crippen LogP contribution in [0.2, 0.25) is 0 Å². The Morgan fingerprint density at radius 3 is 2.36 bits per heavy atom. The Balaban J connectivity index is 1.23. The second-order valence-electron chi connectivity index (χ2n) is 8.47. The van der Waals surface area contributed by atoms with E-state index in [1.165, 1.54) is 10.6 Å². The predicted molar refractivity (Wildman–Crippen MR) is 136 cm³/mol. The van der Waals surface area contributed by atoms with Crippen LogP contribution >= 0.6 is 0 Å². The summed E-state index contributed by atoms with van der Waals surface area (Å²) in [5, 5.41) is 10.5. The van der Waals surface area contributed by atoms with Crippen LogP contribution in [0.3, 0.4) is 0 Å². The van der Waals surface area contributed by atoms with Crippen LogP contribution in [0.25, 0.3) is 27.6 Å². The predicted octanol–water partition coefficient (Wildman–Crippen LogP) is 2.88. The standard InChI is InChI=1S/C25H23N7O3S/c1-35-21-9-7-20(8-10-21)32-25-23(28-29-32)24(26-17-27-25)30-12-14-31(15-13-30)36(33,34)22-11-6-18-4-2-3-5-19(18)16-22/h2-11,16-17H,12-15H2,1H3. The largest absolute Gasteiger partial charge is 0.497 e. The van der Waals surface area contributed by atoms with Crippen LogP contribution in [0.4, 0.5) is 5.82 Å². The molecule has 1 aliphatic heterocycles. The van der Waals surface area contributed by atoms with Gasteiger partial charge in [0.25, 0.3) is 0 Å². The molecular formula is C25H23N7O3S. The van der Waals surface area contributed by atoms with Crippen molar-refractivity contribution in [1.82, 2.24) is 29.3 Å². The number of nitrogens with zero attached hydrogens (tertiary/aromatic N) is 7. The molecular weight excluding hydrogens is 478 g/mol. The molecule has 1 saturated heterocycles. The third-order valence-electron chi connectivity index (χ3n) is 6.43. The number of piperazine rings is 1. The van der Waals surface area contributed by atoms with Gasteiger partial charge in [-0.15, -0.1) is 5.10 Å². The molecule has 0 N–H and O–H groups in total. The number of rotatable bonds is 5. The van der Waals surface area contributed by atoms with Crippen molar-refractivity contribution in [3.05, 3.63) is 73.1 Å². The molecule has 5 aromatic rings. The van der Waals surface area contributed by atoms with Crippen molar-refractivity contribution in [3.63, 3.8) is 0 Å². The van der Waals surface area contributed by atoms with Crippen LogP contribution in [0.5, 0.6) is 5.75 Å². The third-order valence-corrected chi connectivity index (χ3v) is 8.33. The zero-order valence-electron chi connectivity index (χ0n) is 19.5. The number of aromatic nitrogens is 5. The van der Waals surface area contributed by atoms with Crippen molar-refractivity contribution in [2.45, 2.75) is 4.90 Å². The lowest BCUT2D eigenvalue weighted by molar-refractivity contribution is 0.384. The van der Waals surface area contributed by atoms with Gasteiger partial charge in [0.05, 0.1) is 17.7 Å². The van der Waals surface area contributed by atoms with E-state index >= 15 is 0 Å². The number of hydrogen-bond donors (Lipinski definition) is 0. The van der Waals surface area contributed by atoms with Gasteiger partial charge in [-0.1, -0.05) is 35.5 Å². The van der Waals surface area contributed by atoms with Crippen molar-refractivity contribution in [2.24, 2.45) is 0 Å². The van der Waals surface area contributed by atoms with Gasteiger partial charge < -0.3 is 9.64 Å². The number of sulfonamides is 1. The summed E-state index contributed by atoms with van der Waals surface area (Å²) in [4.78, 5) is 11.2. The summed E-state index contributed by atoms with van der Waals surface area (Å²) in [7, 11) is -1.99. The van der Waals surface area contributed by atoms with Crippen molar-refractivity contribution in [2.75, 3.05) is 38.2 Å². The summed E-state index contributed by atoms with van der Waals surface area (Å²) in [5.41, 5.74) is 1.95. The number of hydrogen-bond acceptors (Lipinski definition) is 8. The highest BCUT2D eigenvalue weighted by atomic mass is 32.2. The molecule has 0 aliphatic carbocycles. The summed E-state index contributed by atoms with van der Waals surface area (Å²) >= 11 is 0. The lowest BCUT2D eigenvalue weighted by Gasteiger charge is -2.34. The molecule has 11 heteroatoms. The maximum Gasteiger partial charge on any atom is 0.243 e. The van der Waals surface area contributed by atoms with E-state index in [0.717, 1.165) is 22.2 Å². The Morgan fingerprint density at radius 1 is 0.861 bits per heavy atom. The number of fused-ring (bicyclic) bond motifs is 2. The van der Waals surface area contributed by atoms with E-state index in [2.05, 4.69) is 20.3 Å². The molecule has 0 unspecified atom stereocenters. The molecule has 1 fully saturated rings. The first-order valence-corrected chi connectivity index (χ1v) is 12.9. The Kier molecular flexibility index (Phi) is 5.50. The zero-order valence-corrected chi connectivity index (χ0v) is 20.3. The van der Waals surface area contributed by atoms with E-state index in [1.807, 2.05) is 59.5 Å². The minimum Gasteiger partial charge on any atom is -0.497 e. The second-order valence-corrected chi connectivity index (χ2v) is 10.4. The maximum absolute atomic E-state index is 13.3. The van der Waals surface area contributed by atoms with Crippen LogP contribution in [0, 0.1) is 0 Å². The van der Waals surface area contributed by atoms with Crippen molar-refractivity contribution < 1.29 is 13.2 Å². The highest BCUT2D eigenvalue weighted by Gasteiger charge is 2.30. The van der Waals surface area contributed by atoms with E-state index in [9.17, 15) is 8.42 Å². The van der Waals surface area contributed by atoms with Crippen molar-refractivity contribution >= 4 is 37.8 Å². The molecule has 0 bridgehead atoms. The lowest BCUT2D eigenvalue weighted by atomic mass is 10.1. The Bertz CT molecular complexity index is 1660. The molecule has 0 saturated carbocycles. The van der Waals surface area contributed by atoms with E-state index in [0.29, 0.717) is 48.1 Å². The maximum atomic E-state index is 13.3. The zero-order chi connectivity index (χ0) is 24.7. The number of methoxy groups -OCH3 is 1. The van der Waals surface area contributed by atoms with Gasteiger partial charge in [-0.2, -0.15) is 8.99 Å². The van der Waals surface area contributed by atoms with Gasteiger partial charge in [0.1, 0.15) is 12.1 Å². The van der Waals surface area contributed by atoms with E-state index < -0.39 is 10.0 Å². The summed E-state index contributed by atoms with van der Waals surface area (Å²) in [6.07, 6.45) is 1.49. The molecule has 2 aromatic heterocycles. The van der Waals surface area contributed by atoms with Crippen LogP contribution < -0.4 is 9.64 Å². The topological polar surface area (TPSA) is 106 Å². The van der Waals surface area contributed by atoms with E-state index in [1.54, 1.807) is 23.9 Å². The minimum atomic E-state index is -3.61. The molecule has 3 aromatic carbocycles. The fraction of sp³-hybridized carbons (Fsp3) is 0.200. The molecule has 36 heavy (non-hydrogen) atoms. The SMILES string of the molecule is COc1ccc(-n2nnc3c(N4CCN(S(=O)(=O)c5ccc6ccccc6c5)CC4)ncnc32)cc1. The van der Waals surface area contributed by atoms with E-state index in [-0.39, 0.29) is 0 Å². The fourth-order valence-electron chi connectivity index (χ4n) is 4.48. The van der Waals surface area contributed by atoms with Crippen LogP contribution in [-0.4, -0.2) is 71.0 Å². The summed E-state index contributed by atoms with van der Waals surface area (Å²) in [6.45, 7) is 1.64. The average Bonchev–Trinajstić information content (AvgIpc) is 3.37. The normalized spacial score (nSPS) is 15.0. The van der Waals surface area contributed by atoms with E-state index in [4.69, 9.17) is 4.74 Å². The molecule has 1 aliphatic rings. The first-order chi connectivity index (χ1) is 17.5. The molecule has 182 valence electrons. The first-order valence-electron chi connectivity index (χ1n) is 11.5. The molecule has 0 spiro atoms. The monoisotopic (exact) mass is 501 g/mol. The van der Waals surface area contributed by atoms with Gasteiger partial charge >= 0.3 is 0 Å². The Morgan fingerprint density at radius 2 is 1.61 bits per heavy atom. The minimum absolute atomic E-state index is 0.307. The van der Waals surface area contributed by atoms with Gasteiger partial charge in [0.15, 0.2) is 17.0 Å². The van der Waals surface area contributed by atoms with Gasteiger partial charge in [0.2, 0.25) is 10.0 Å². The van der Waals surface area contributed by atoms with Crippen LogP contribution in [0.15, 0.2) is 78.0 Å². The van der Waals surface area contributed by atoms with Gasteiger partial charge in [-0.25, -0.2) is 18.4 Å². The first kappa shape index (κ1) is 22.4.